The lowest BCUT2D eigenvalue weighted by molar-refractivity contribution is -0.134. The first-order valence-electron chi connectivity index (χ1n) is 10.8. The summed E-state index contributed by atoms with van der Waals surface area (Å²) in [5.41, 5.74) is 6.89. The summed E-state index contributed by atoms with van der Waals surface area (Å²) < 4.78 is 6.01. The third-order valence-corrected chi connectivity index (χ3v) is 6.03. The van der Waals surface area contributed by atoms with Gasteiger partial charge in [0.15, 0.2) is 5.84 Å². The molecular formula is C24H28N4O4. The van der Waals surface area contributed by atoms with E-state index in [0.717, 1.165) is 53.9 Å². The number of amidine groups is 1. The van der Waals surface area contributed by atoms with Gasteiger partial charge in [-0.05, 0) is 50.8 Å². The molecule has 0 radical (unpaired) electrons. The number of carboxylic acid groups (broad SMARTS) is 1. The second-order valence-electron chi connectivity index (χ2n) is 8.63. The highest BCUT2D eigenvalue weighted by Gasteiger charge is 2.37. The highest BCUT2D eigenvalue weighted by molar-refractivity contribution is 6.10. The van der Waals surface area contributed by atoms with Gasteiger partial charge in [0, 0.05) is 23.7 Å². The van der Waals surface area contributed by atoms with Crippen molar-refractivity contribution in [3.8, 4) is 16.9 Å². The van der Waals surface area contributed by atoms with Gasteiger partial charge in [0.1, 0.15) is 18.4 Å². The normalized spacial score (nSPS) is 20.1. The Morgan fingerprint density at radius 2 is 1.97 bits per heavy atom. The van der Waals surface area contributed by atoms with Gasteiger partial charge in [0.05, 0.1) is 5.69 Å². The Bertz CT molecular complexity index is 1060. The molecule has 0 bridgehead atoms. The molecule has 3 aliphatic rings. The predicted molar refractivity (Wildman–Crippen MR) is 124 cm³/mol. The van der Waals surface area contributed by atoms with Crippen molar-refractivity contribution in [2.75, 3.05) is 16.8 Å². The monoisotopic (exact) mass is 436 g/mol. The molecule has 32 heavy (non-hydrogen) atoms. The Kier molecular flexibility index (Phi) is 5.78. The minimum Gasteiger partial charge on any atom is -0.483 e. The van der Waals surface area contributed by atoms with Crippen LogP contribution in [0.15, 0.2) is 47.6 Å². The summed E-state index contributed by atoms with van der Waals surface area (Å²) in [5, 5.41) is 15.4. The van der Waals surface area contributed by atoms with Gasteiger partial charge in [0.25, 0.3) is 11.9 Å². The predicted octanol–water partition coefficient (Wildman–Crippen LogP) is 3.83. The third-order valence-electron chi connectivity index (χ3n) is 6.03. The summed E-state index contributed by atoms with van der Waals surface area (Å²) in [5.74, 6) is 0.570. The first kappa shape index (κ1) is 21.7. The van der Waals surface area contributed by atoms with Crippen molar-refractivity contribution in [1.29, 1.82) is 0 Å². The average Bonchev–Trinajstić information content (AvgIpc) is 2.74. The maximum Gasteiger partial charge on any atom is 0.300 e. The number of ether oxygens (including phenoxy) is 1. The highest BCUT2D eigenvalue weighted by Crippen LogP contribution is 2.45. The Labute approximate surface area is 187 Å². The number of rotatable bonds is 3. The lowest BCUT2D eigenvalue weighted by atomic mass is 9.78. The Morgan fingerprint density at radius 3 is 2.59 bits per heavy atom. The maximum absolute atomic E-state index is 12.2. The van der Waals surface area contributed by atoms with Crippen molar-refractivity contribution in [3.05, 3.63) is 42.5 Å². The van der Waals surface area contributed by atoms with E-state index in [4.69, 9.17) is 14.6 Å². The number of amides is 1. The van der Waals surface area contributed by atoms with Gasteiger partial charge < -0.3 is 20.1 Å². The molecule has 2 aromatic carbocycles. The summed E-state index contributed by atoms with van der Waals surface area (Å²) >= 11 is 0. The summed E-state index contributed by atoms with van der Waals surface area (Å²) in [6.45, 7) is 5.59. The van der Waals surface area contributed by atoms with Crippen molar-refractivity contribution in [2.24, 2.45) is 5.10 Å². The summed E-state index contributed by atoms with van der Waals surface area (Å²) in [7, 11) is 0. The number of carbonyl (C=O) groups is 2. The number of aliphatic carboxylic acids is 1. The van der Waals surface area contributed by atoms with Crippen LogP contribution in [0, 0.1) is 0 Å². The fourth-order valence-electron chi connectivity index (χ4n) is 4.19. The molecule has 1 amide bonds. The zero-order valence-corrected chi connectivity index (χ0v) is 18.5. The minimum atomic E-state index is -0.833. The summed E-state index contributed by atoms with van der Waals surface area (Å²) in [6.07, 6.45) is 3.56. The van der Waals surface area contributed by atoms with Crippen LogP contribution in [-0.4, -0.2) is 41.0 Å². The molecule has 0 saturated heterocycles. The quantitative estimate of drug-likeness (QED) is 0.676. The second kappa shape index (κ2) is 8.53. The number of benzene rings is 2. The standard InChI is InChI=1S/C22H24N4O2.C2H4O2/c1-14-21(27)25-24-20-13-28-19-11-16(15-7-4-3-5-8-15)17(12-18(19)26(14)20)23-22(2)9-6-10-22;1-2(3)4/h3-5,7-8,11-12,14,23H,6,9-10,13H2,1-2H3,(H,25,27);1H3,(H,3,4). The zero-order chi connectivity index (χ0) is 22.9. The molecule has 0 spiro atoms. The first-order chi connectivity index (χ1) is 15.3. The molecule has 1 aliphatic carbocycles. The molecule has 168 valence electrons. The van der Waals surface area contributed by atoms with Crippen LogP contribution in [0.4, 0.5) is 11.4 Å². The first-order valence-corrected chi connectivity index (χ1v) is 10.8. The molecule has 1 fully saturated rings. The summed E-state index contributed by atoms with van der Waals surface area (Å²) in [6, 6.07) is 14.2. The van der Waals surface area contributed by atoms with Crippen LogP contribution >= 0.6 is 0 Å². The molecule has 1 unspecified atom stereocenters. The van der Waals surface area contributed by atoms with E-state index in [1.165, 1.54) is 6.42 Å². The van der Waals surface area contributed by atoms with E-state index in [-0.39, 0.29) is 17.5 Å². The van der Waals surface area contributed by atoms with Crippen LogP contribution in [0.2, 0.25) is 0 Å². The van der Waals surface area contributed by atoms with Gasteiger partial charge in [0.2, 0.25) is 0 Å². The van der Waals surface area contributed by atoms with Crippen LogP contribution in [0.3, 0.4) is 0 Å². The van der Waals surface area contributed by atoms with Crippen molar-refractivity contribution in [2.45, 2.75) is 51.6 Å². The van der Waals surface area contributed by atoms with Crippen LogP contribution < -0.4 is 20.4 Å². The lowest BCUT2D eigenvalue weighted by Gasteiger charge is -2.42. The van der Waals surface area contributed by atoms with Crippen LogP contribution in [0.5, 0.6) is 5.75 Å². The van der Waals surface area contributed by atoms with Gasteiger partial charge in [-0.15, -0.1) is 0 Å². The van der Waals surface area contributed by atoms with Crippen LogP contribution in [0.1, 0.15) is 40.0 Å². The van der Waals surface area contributed by atoms with E-state index < -0.39 is 5.97 Å². The fraction of sp³-hybridized carbons (Fsp3) is 0.375. The van der Waals surface area contributed by atoms with Crippen molar-refractivity contribution >= 4 is 29.1 Å². The molecule has 2 aromatic rings. The molecule has 8 nitrogen and oxygen atoms in total. The number of hydrogen-bond donors (Lipinski definition) is 3. The number of carbonyl (C=O) groups excluding carboxylic acids is 1. The van der Waals surface area contributed by atoms with E-state index >= 15 is 0 Å². The third kappa shape index (κ3) is 4.26. The fourth-order valence-corrected chi connectivity index (χ4v) is 4.19. The van der Waals surface area contributed by atoms with E-state index in [1.807, 2.05) is 30.0 Å². The number of hydrazone groups is 1. The van der Waals surface area contributed by atoms with Gasteiger partial charge >= 0.3 is 0 Å². The molecule has 0 aromatic heterocycles. The molecule has 8 heteroatoms. The molecule has 2 heterocycles. The Balaban J connectivity index is 0.000000567. The van der Waals surface area contributed by atoms with Crippen molar-refractivity contribution in [3.63, 3.8) is 0 Å². The number of anilines is 2. The largest absolute Gasteiger partial charge is 0.483 e. The molecule has 2 aliphatic heterocycles. The second-order valence-corrected chi connectivity index (χ2v) is 8.63. The molecular weight excluding hydrogens is 408 g/mol. The van der Waals surface area contributed by atoms with E-state index in [9.17, 15) is 4.79 Å². The minimum absolute atomic E-state index is 0.106. The van der Waals surface area contributed by atoms with Gasteiger partial charge in [-0.25, -0.2) is 5.43 Å². The number of fused-ring (bicyclic) bond motifs is 3. The van der Waals surface area contributed by atoms with E-state index in [2.05, 4.69) is 47.0 Å². The smallest absolute Gasteiger partial charge is 0.300 e. The Hall–Kier alpha value is -3.55. The maximum atomic E-state index is 12.2. The van der Waals surface area contributed by atoms with Crippen molar-refractivity contribution < 1.29 is 19.4 Å². The van der Waals surface area contributed by atoms with Crippen LogP contribution in [-0.2, 0) is 9.59 Å². The SMILES string of the molecule is CC(=O)O.CC1C(=O)NN=C2COc3cc(-c4ccccc4)c(NC4(C)CCC4)cc3N21. The number of carboxylic acids is 1. The highest BCUT2D eigenvalue weighted by atomic mass is 16.5. The zero-order valence-electron chi connectivity index (χ0n) is 18.5. The molecule has 3 N–H and O–H groups in total. The van der Waals surface area contributed by atoms with Gasteiger partial charge in [-0.1, -0.05) is 30.3 Å². The van der Waals surface area contributed by atoms with E-state index in [0.29, 0.717) is 6.61 Å². The molecule has 5 rings (SSSR count). The average molecular weight is 437 g/mol. The number of nitrogens with zero attached hydrogens (tertiary/aromatic N) is 2. The number of hydrogen-bond acceptors (Lipinski definition) is 6. The topological polar surface area (TPSA) is 103 Å². The van der Waals surface area contributed by atoms with Crippen molar-refractivity contribution in [1.82, 2.24) is 5.43 Å². The van der Waals surface area contributed by atoms with E-state index in [1.54, 1.807) is 0 Å². The lowest BCUT2D eigenvalue weighted by Crippen LogP contribution is -2.55. The van der Waals surface area contributed by atoms with Crippen LogP contribution in [0.25, 0.3) is 11.1 Å². The van der Waals surface area contributed by atoms with Gasteiger partial charge in [-0.2, -0.15) is 5.10 Å². The van der Waals surface area contributed by atoms with Gasteiger partial charge in [-0.3, -0.25) is 9.59 Å². The summed E-state index contributed by atoms with van der Waals surface area (Å²) in [4.78, 5) is 23.2. The molecule has 1 saturated carbocycles. The molecule has 1 atom stereocenters. The number of nitrogens with one attached hydrogen (secondary N) is 2. The Morgan fingerprint density at radius 1 is 1.28 bits per heavy atom.